The van der Waals surface area contributed by atoms with E-state index in [1.165, 1.54) is 0 Å². The maximum absolute atomic E-state index is 5.18. The summed E-state index contributed by atoms with van der Waals surface area (Å²) in [5.74, 6) is 0.850. The minimum atomic E-state index is 0.176. The molecule has 5 heteroatoms. The van der Waals surface area contributed by atoms with Gasteiger partial charge < -0.3 is 15.2 Å². The molecule has 19 heavy (non-hydrogen) atoms. The average molecular weight is 324 g/mol. The summed E-state index contributed by atoms with van der Waals surface area (Å²) in [6, 6.07) is 12.3. The SMILES string of the molecule is CC(NCCCNc1ccccc1)c1cc(Br)no1. The minimum absolute atomic E-state index is 0.176. The summed E-state index contributed by atoms with van der Waals surface area (Å²) in [6.45, 7) is 3.95. The van der Waals surface area contributed by atoms with E-state index in [4.69, 9.17) is 4.52 Å². The molecule has 0 bridgehead atoms. The first-order valence-electron chi connectivity index (χ1n) is 6.40. The van der Waals surface area contributed by atoms with Crippen molar-refractivity contribution in [2.75, 3.05) is 18.4 Å². The predicted molar refractivity (Wildman–Crippen MR) is 80.2 cm³/mol. The van der Waals surface area contributed by atoms with Crippen molar-refractivity contribution in [3.63, 3.8) is 0 Å². The molecule has 0 aliphatic heterocycles. The number of rotatable bonds is 7. The van der Waals surface area contributed by atoms with E-state index < -0.39 is 0 Å². The molecule has 0 radical (unpaired) electrons. The first kappa shape index (κ1) is 14.1. The molecule has 0 fully saturated rings. The maximum atomic E-state index is 5.18. The van der Waals surface area contributed by atoms with Gasteiger partial charge in [-0.3, -0.25) is 0 Å². The first-order chi connectivity index (χ1) is 9.25. The molecule has 0 aliphatic rings. The molecule has 2 rings (SSSR count). The molecule has 0 amide bonds. The van der Waals surface area contributed by atoms with Crippen molar-refractivity contribution >= 4 is 21.6 Å². The second-order valence-electron chi connectivity index (χ2n) is 4.37. The van der Waals surface area contributed by atoms with E-state index in [0.717, 1.165) is 35.6 Å². The van der Waals surface area contributed by atoms with Gasteiger partial charge in [0.2, 0.25) is 0 Å². The van der Waals surface area contributed by atoms with E-state index in [9.17, 15) is 0 Å². The van der Waals surface area contributed by atoms with Crippen LogP contribution in [0.25, 0.3) is 0 Å². The van der Waals surface area contributed by atoms with Gasteiger partial charge in [0.15, 0.2) is 5.76 Å². The molecular weight excluding hydrogens is 306 g/mol. The average Bonchev–Trinajstić information content (AvgIpc) is 2.86. The van der Waals surface area contributed by atoms with Crippen LogP contribution in [0.1, 0.15) is 25.1 Å². The number of halogens is 1. The van der Waals surface area contributed by atoms with Crippen LogP contribution < -0.4 is 10.6 Å². The fourth-order valence-electron chi connectivity index (χ4n) is 1.77. The lowest BCUT2D eigenvalue weighted by Crippen LogP contribution is -2.21. The van der Waals surface area contributed by atoms with Gasteiger partial charge in [0.05, 0.1) is 6.04 Å². The molecule has 4 nitrogen and oxygen atoms in total. The van der Waals surface area contributed by atoms with Crippen molar-refractivity contribution in [3.05, 3.63) is 46.8 Å². The highest BCUT2D eigenvalue weighted by Gasteiger charge is 2.09. The zero-order valence-electron chi connectivity index (χ0n) is 10.9. The molecule has 0 aliphatic carbocycles. The number of hydrogen-bond acceptors (Lipinski definition) is 4. The molecule has 1 aromatic carbocycles. The van der Waals surface area contributed by atoms with Crippen molar-refractivity contribution in [1.82, 2.24) is 10.5 Å². The summed E-state index contributed by atoms with van der Waals surface area (Å²) < 4.78 is 5.92. The highest BCUT2D eigenvalue weighted by atomic mass is 79.9. The molecule has 0 saturated carbocycles. The number of nitrogens with one attached hydrogen (secondary N) is 2. The van der Waals surface area contributed by atoms with Crippen LogP contribution in [0.5, 0.6) is 0 Å². The van der Waals surface area contributed by atoms with Crippen molar-refractivity contribution in [2.45, 2.75) is 19.4 Å². The van der Waals surface area contributed by atoms with Crippen molar-refractivity contribution in [2.24, 2.45) is 0 Å². The lowest BCUT2D eigenvalue weighted by atomic mass is 10.2. The Kier molecular flexibility index (Phi) is 5.42. The molecular formula is C14H18BrN3O. The van der Waals surface area contributed by atoms with Gasteiger partial charge in [0, 0.05) is 18.3 Å². The number of aromatic nitrogens is 1. The maximum Gasteiger partial charge on any atom is 0.154 e. The predicted octanol–water partition coefficient (Wildman–Crippen LogP) is 3.59. The molecule has 2 N–H and O–H groups in total. The normalized spacial score (nSPS) is 12.3. The topological polar surface area (TPSA) is 50.1 Å². The second-order valence-corrected chi connectivity index (χ2v) is 5.19. The summed E-state index contributed by atoms with van der Waals surface area (Å²) in [5, 5.41) is 10.6. The van der Waals surface area contributed by atoms with Crippen LogP contribution in [0.4, 0.5) is 5.69 Å². The zero-order valence-corrected chi connectivity index (χ0v) is 12.5. The summed E-state index contributed by atoms with van der Waals surface area (Å²) in [6.07, 6.45) is 1.05. The highest BCUT2D eigenvalue weighted by Crippen LogP contribution is 2.16. The smallest absolute Gasteiger partial charge is 0.154 e. The third-order valence-corrected chi connectivity index (χ3v) is 3.21. The quantitative estimate of drug-likeness (QED) is 0.764. The largest absolute Gasteiger partial charge is 0.385 e. The van der Waals surface area contributed by atoms with Crippen LogP contribution in [0.15, 0.2) is 45.5 Å². The summed E-state index contributed by atoms with van der Waals surface area (Å²) >= 11 is 3.28. The lowest BCUT2D eigenvalue weighted by Gasteiger charge is -2.11. The number of para-hydroxylation sites is 1. The summed E-state index contributed by atoms with van der Waals surface area (Å²) in [4.78, 5) is 0. The fourth-order valence-corrected chi connectivity index (χ4v) is 2.06. The van der Waals surface area contributed by atoms with Gasteiger partial charge in [-0.25, -0.2) is 0 Å². The van der Waals surface area contributed by atoms with Gasteiger partial charge in [0.1, 0.15) is 4.60 Å². The van der Waals surface area contributed by atoms with E-state index in [-0.39, 0.29) is 6.04 Å². The van der Waals surface area contributed by atoms with E-state index in [1.807, 2.05) is 24.3 Å². The molecule has 2 aromatic rings. The van der Waals surface area contributed by atoms with Gasteiger partial charge in [0.25, 0.3) is 0 Å². The fraction of sp³-hybridized carbons (Fsp3) is 0.357. The second kappa shape index (κ2) is 7.31. The van der Waals surface area contributed by atoms with Crippen LogP contribution >= 0.6 is 15.9 Å². The Morgan fingerprint density at radius 2 is 2.05 bits per heavy atom. The molecule has 1 atom stereocenters. The number of benzene rings is 1. The number of nitrogens with zero attached hydrogens (tertiary/aromatic N) is 1. The van der Waals surface area contributed by atoms with E-state index >= 15 is 0 Å². The van der Waals surface area contributed by atoms with Crippen LogP contribution in [0.3, 0.4) is 0 Å². The molecule has 1 heterocycles. The molecule has 102 valence electrons. The molecule has 1 unspecified atom stereocenters. The van der Waals surface area contributed by atoms with Crippen LogP contribution in [-0.4, -0.2) is 18.2 Å². The molecule has 1 aromatic heterocycles. The molecule has 0 spiro atoms. The third-order valence-electron chi connectivity index (χ3n) is 2.83. The van der Waals surface area contributed by atoms with Gasteiger partial charge >= 0.3 is 0 Å². The van der Waals surface area contributed by atoms with Gasteiger partial charge in [-0.1, -0.05) is 23.4 Å². The van der Waals surface area contributed by atoms with Crippen molar-refractivity contribution < 1.29 is 4.52 Å². The summed E-state index contributed by atoms with van der Waals surface area (Å²) in [5.41, 5.74) is 1.16. The van der Waals surface area contributed by atoms with Crippen molar-refractivity contribution in [3.8, 4) is 0 Å². The monoisotopic (exact) mass is 323 g/mol. The van der Waals surface area contributed by atoms with Gasteiger partial charge in [-0.05, 0) is 48.0 Å². The Morgan fingerprint density at radius 3 is 2.74 bits per heavy atom. The number of hydrogen-bond donors (Lipinski definition) is 2. The lowest BCUT2D eigenvalue weighted by molar-refractivity contribution is 0.344. The van der Waals surface area contributed by atoms with Gasteiger partial charge in [-0.2, -0.15) is 0 Å². The highest BCUT2D eigenvalue weighted by molar-refractivity contribution is 9.10. The molecule has 0 saturated heterocycles. The Hall–Kier alpha value is -1.33. The Bertz CT molecular complexity index is 486. The van der Waals surface area contributed by atoms with Crippen LogP contribution in [0.2, 0.25) is 0 Å². The number of anilines is 1. The van der Waals surface area contributed by atoms with E-state index in [2.05, 4.69) is 50.8 Å². The van der Waals surface area contributed by atoms with E-state index in [0.29, 0.717) is 0 Å². The standard InChI is InChI=1S/C14H18BrN3O/c1-11(13-10-14(15)18-19-13)16-8-5-9-17-12-6-3-2-4-7-12/h2-4,6-7,10-11,16-17H,5,8-9H2,1H3. The Morgan fingerprint density at radius 1 is 1.26 bits per heavy atom. The Balaban J connectivity index is 1.62. The van der Waals surface area contributed by atoms with Crippen LogP contribution in [0, 0.1) is 0 Å². The van der Waals surface area contributed by atoms with Crippen molar-refractivity contribution in [1.29, 1.82) is 0 Å². The zero-order chi connectivity index (χ0) is 13.5. The third kappa shape index (κ3) is 4.69. The summed E-state index contributed by atoms with van der Waals surface area (Å²) in [7, 11) is 0. The van der Waals surface area contributed by atoms with E-state index in [1.54, 1.807) is 0 Å². The van der Waals surface area contributed by atoms with Gasteiger partial charge in [-0.15, -0.1) is 0 Å². The minimum Gasteiger partial charge on any atom is -0.385 e. The Labute approximate surface area is 121 Å². The first-order valence-corrected chi connectivity index (χ1v) is 7.19. The van der Waals surface area contributed by atoms with Crippen LogP contribution in [-0.2, 0) is 0 Å².